The van der Waals surface area contributed by atoms with Crippen molar-refractivity contribution in [1.29, 1.82) is 0 Å². The third kappa shape index (κ3) is 4.17. The second-order valence-electron chi connectivity index (χ2n) is 5.17. The Labute approximate surface area is 159 Å². The molecule has 6 nitrogen and oxygen atoms in total. The number of nitrogens with one attached hydrogen (secondary N) is 2. The largest absolute Gasteiger partial charge is 0.322 e. The van der Waals surface area contributed by atoms with Gasteiger partial charge in [0.25, 0.3) is 11.8 Å². The number of carbonyl (C=O) groups excluding carboxylic acids is 2. The average Bonchev–Trinajstić information content (AvgIpc) is 2.64. The number of carbonyl (C=O) groups is 2. The fraction of sp³-hybridized carbons (Fsp3) is 0. The van der Waals surface area contributed by atoms with E-state index in [1.807, 2.05) is 0 Å². The van der Waals surface area contributed by atoms with Crippen LogP contribution in [0.5, 0.6) is 0 Å². The van der Waals surface area contributed by atoms with E-state index in [9.17, 15) is 9.59 Å². The number of benzene rings is 1. The first-order chi connectivity index (χ1) is 12.5. The van der Waals surface area contributed by atoms with Crippen LogP contribution in [0.15, 0.2) is 60.9 Å². The number of anilines is 2. The predicted octanol–water partition coefficient (Wildman–Crippen LogP) is 4.29. The number of rotatable bonds is 4. The second-order valence-corrected chi connectivity index (χ2v) is 5.89. The van der Waals surface area contributed by atoms with Crippen LogP contribution in [0.2, 0.25) is 10.3 Å². The Morgan fingerprint density at radius 3 is 1.42 bits per heavy atom. The molecule has 0 unspecified atom stereocenters. The first-order valence-electron chi connectivity index (χ1n) is 7.48. The van der Waals surface area contributed by atoms with Crippen LogP contribution in [0.3, 0.4) is 0 Å². The van der Waals surface area contributed by atoms with Gasteiger partial charge in [0, 0.05) is 23.8 Å². The zero-order valence-electron chi connectivity index (χ0n) is 13.2. The molecule has 0 aliphatic carbocycles. The molecule has 3 rings (SSSR count). The van der Waals surface area contributed by atoms with Crippen LogP contribution >= 0.6 is 23.2 Å². The van der Waals surface area contributed by atoms with Crippen LogP contribution < -0.4 is 10.6 Å². The van der Waals surface area contributed by atoms with E-state index >= 15 is 0 Å². The summed E-state index contributed by atoms with van der Waals surface area (Å²) >= 11 is 11.8. The number of halogens is 2. The Bertz CT molecular complexity index is 883. The third-order valence-corrected chi connectivity index (χ3v) is 4.01. The Hall–Kier alpha value is -2.96. The third-order valence-electron chi connectivity index (χ3n) is 3.41. The zero-order valence-corrected chi connectivity index (χ0v) is 14.8. The van der Waals surface area contributed by atoms with Gasteiger partial charge in [-0.25, -0.2) is 9.97 Å². The monoisotopic (exact) mass is 386 g/mol. The van der Waals surface area contributed by atoms with Gasteiger partial charge in [0.1, 0.15) is 10.3 Å². The summed E-state index contributed by atoms with van der Waals surface area (Å²) in [6, 6.07) is 13.0. The minimum atomic E-state index is -0.373. The zero-order chi connectivity index (χ0) is 18.5. The van der Waals surface area contributed by atoms with Crippen molar-refractivity contribution in [2.24, 2.45) is 0 Å². The van der Waals surface area contributed by atoms with Crippen molar-refractivity contribution in [1.82, 2.24) is 9.97 Å². The molecule has 0 saturated heterocycles. The molecule has 0 spiro atoms. The molecule has 1 aromatic carbocycles. The summed E-state index contributed by atoms with van der Waals surface area (Å²) in [5.74, 6) is -0.746. The van der Waals surface area contributed by atoms with Crippen LogP contribution in [0.25, 0.3) is 0 Å². The highest BCUT2D eigenvalue weighted by atomic mass is 35.5. The number of amides is 2. The van der Waals surface area contributed by atoms with E-state index in [4.69, 9.17) is 23.2 Å². The number of hydrogen-bond acceptors (Lipinski definition) is 4. The minimum Gasteiger partial charge on any atom is -0.322 e. The van der Waals surface area contributed by atoms with Crippen molar-refractivity contribution in [2.75, 3.05) is 10.6 Å². The molecule has 0 atom stereocenters. The molecule has 0 radical (unpaired) electrons. The molecule has 8 heteroatoms. The van der Waals surface area contributed by atoms with Gasteiger partial charge in [0.2, 0.25) is 0 Å². The lowest BCUT2D eigenvalue weighted by atomic mass is 10.2. The molecule has 2 heterocycles. The van der Waals surface area contributed by atoms with Gasteiger partial charge in [0.05, 0.1) is 11.1 Å². The van der Waals surface area contributed by atoms with E-state index in [0.717, 1.165) is 0 Å². The second kappa shape index (κ2) is 7.95. The molecule has 2 N–H and O–H groups in total. The maximum absolute atomic E-state index is 12.2. The van der Waals surface area contributed by atoms with E-state index in [1.165, 1.54) is 12.4 Å². The summed E-state index contributed by atoms with van der Waals surface area (Å²) in [5, 5.41) is 5.68. The maximum atomic E-state index is 12.2. The van der Waals surface area contributed by atoms with Crippen LogP contribution in [0, 0.1) is 0 Å². The van der Waals surface area contributed by atoms with Gasteiger partial charge in [-0.05, 0) is 48.5 Å². The number of aromatic nitrogens is 2. The molecule has 0 aliphatic rings. The number of nitrogens with zero attached hydrogens (tertiary/aromatic N) is 2. The number of hydrogen-bond donors (Lipinski definition) is 2. The normalized spacial score (nSPS) is 10.2. The molecule has 0 fully saturated rings. The first kappa shape index (κ1) is 17.8. The molecule has 3 aromatic rings. The Morgan fingerprint density at radius 2 is 1.08 bits per heavy atom. The smallest absolute Gasteiger partial charge is 0.258 e. The van der Waals surface area contributed by atoms with Gasteiger partial charge in [-0.2, -0.15) is 0 Å². The lowest BCUT2D eigenvalue weighted by molar-refractivity contribution is 0.101. The minimum absolute atomic E-state index is 0.127. The highest BCUT2D eigenvalue weighted by Crippen LogP contribution is 2.19. The lowest BCUT2D eigenvalue weighted by Crippen LogP contribution is -2.14. The predicted molar refractivity (Wildman–Crippen MR) is 101 cm³/mol. The van der Waals surface area contributed by atoms with E-state index < -0.39 is 0 Å². The molecule has 0 saturated carbocycles. The van der Waals surface area contributed by atoms with Crippen molar-refractivity contribution in [3.05, 3.63) is 82.4 Å². The van der Waals surface area contributed by atoms with Crippen LogP contribution in [0.4, 0.5) is 11.4 Å². The van der Waals surface area contributed by atoms with Crippen molar-refractivity contribution in [2.45, 2.75) is 0 Å². The highest BCUT2D eigenvalue weighted by Gasteiger charge is 2.12. The van der Waals surface area contributed by atoms with Gasteiger partial charge >= 0.3 is 0 Å². The standard InChI is InChI=1S/C18H12Cl2N4O2/c19-15-13(3-1-9-21-15)17(25)23-11-5-7-12(8-6-11)24-18(26)14-4-2-10-22-16(14)20/h1-10H,(H,23,25)(H,24,26). The average molecular weight is 387 g/mol. The molecule has 0 bridgehead atoms. The van der Waals surface area contributed by atoms with Crippen molar-refractivity contribution >= 4 is 46.4 Å². The summed E-state index contributed by atoms with van der Waals surface area (Å²) in [6.45, 7) is 0. The molecule has 2 aromatic heterocycles. The summed E-state index contributed by atoms with van der Waals surface area (Å²) in [6.07, 6.45) is 3.01. The molecule has 0 aliphatic heterocycles. The topological polar surface area (TPSA) is 84.0 Å². The van der Waals surface area contributed by atoms with Crippen molar-refractivity contribution in [3.63, 3.8) is 0 Å². The van der Waals surface area contributed by atoms with Gasteiger partial charge in [0.15, 0.2) is 0 Å². The quantitative estimate of drug-likeness (QED) is 0.655. The van der Waals surface area contributed by atoms with E-state index in [1.54, 1.807) is 48.5 Å². The van der Waals surface area contributed by atoms with Crippen LogP contribution in [-0.4, -0.2) is 21.8 Å². The van der Waals surface area contributed by atoms with Crippen LogP contribution in [-0.2, 0) is 0 Å². The molecule has 2 amide bonds. The Kier molecular flexibility index (Phi) is 5.46. The number of pyridine rings is 2. The highest BCUT2D eigenvalue weighted by molar-refractivity contribution is 6.33. The summed E-state index contributed by atoms with van der Waals surface area (Å²) in [7, 11) is 0. The van der Waals surface area contributed by atoms with Gasteiger partial charge in [-0.1, -0.05) is 23.2 Å². The van der Waals surface area contributed by atoms with Gasteiger partial charge < -0.3 is 10.6 Å². The molecule has 130 valence electrons. The molecule has 26 heavy (non-hydrogen) atoms. The summed E-state index contributed by atoms with van der Waals surface area (Å²) in [5.41, 5.74) is 1.65. The fourth-order valence-electron chi connectivity index (χ4n) is 2.14. The SMILES string of the molecule is O=C(Nc1ccc(NC(=O)c2cccnc2Cl)cc1)c1cccnc1Cl. The van der Waals surface area contributed by atoms with E-state index in [2.05, 4.69) is 20.6 Å². The first-order valence-corrected chi connectivity index (χ1v) is 8.24. The molecular formula is C18H12Cl2N4O2. The fourth-order valence-corrected chi connectivity index (χ4v) is 2.55. The summed E-state index contributed by atoms with van der Waals surface area (Å²) < 4.78 is 0. The lowest BCUT2D eigenvalue weighted by Gasteiger charge is -2.09. The summed E-state index contributed by atoms with van der Waals surface area (Å²) in [4.78, 5) is 32.1. The van der Waals surface area contributed by atoms with Crippen molar-refractivity contribution < 1.29 is 9.59 Å². The van der Waals surface area contributed by atoms with Gasteiger partial charge in [-0.3, -0.25) is 9.59 Å². The van der Waals surface area contributed by atoms with Gasteiger partial charge in [-0.15, -0.1) is 0 Å². The van der Waals surface area contributed by atoms with E-state index in [0.29, 0.717) is 11.4 Å². The maximum Gasteiger partial charge on any atom is 0.258 e. The Morgan fingerprint density at radius 1 is 0.692 bits per heavy atom. The Balaban J connectivity index is 1.67. The van der Waals surface area contributed by atoms with Crippen molar-refractivity contribution in [3.8, 4) is 0 Å². The van der Waals surface area contributed by atoms with Crippen LogP contribution in [0.1, 0.15) is 20.7 Å². The van der Waals surface area contributed by atoms with E-state index in [-0.39, 0.29) is 33.2 Å². The molecular weight excluding hydrogens is 375 g/mol.